The zero-order chi connectivity index (χ0) is 43.7. The molecule has 0 aromatic heterocycles. The Balaban J connectivity index is 3.47. The van der Waals surface area contributed by atoms with Crippen LogP contribution in [0.25, 0.3) is 0 Å². The zero-order valence-corrected chi connectivity index (χ0v) is 40.2. The zero-order valence-electron chi connectivity index (χ0n) is 40.2. The summed E-state index contributed by atoms with van der Waals surface area (Å²) >= 11 is 0. The number of ether oxygens (including phenoxy) is 1. The van der Waals surface area contributed by atoms with Gasteiger partial charge in [-0.15, -0.1) is 0 Å². The van der Waals surface area contributed by atoms with Gasteiger partial charge in [0.15, 0.2) is 0 Å². The van der Waals surface area contributed by atoms with Crippen molar-refractivity contribution in [3.8, 4) is 0 Å². The van der Waals surface area contributed by atoms with Crippen LogP contribution >= 0.6 is 0 Å². The summed E-state index contributed by atoms with van der Waals surface area (Å²) in [7, 11) is 0. The van der Waals surface area contributed by atoms with Crippen LogP contribution < -0.4 is 5.32 Å². The van der Waals surface area contributed by atoms with Crippen LogP contribution in [0.5, 0.6) is 0 Å². The highest BCUT2D eigenvalue weighted by molar-refractivity contribution is 5.76. The molecule has 0 saturated heterocycles. The van der Waals surface area contributed by atoms with Crippen molar-refractivity contribution in [1.82, 2.24) is 5.32 Å². The van der Waals surface area contributed by atoms with Gasteiger partial charge in [-0.2, -0.15) is 0 Å². The van der Waals surface area contributed by atoms with E-state index in [2.05, 4.69) is 43.5 Å². The van der Waals surface area contributed by atoms with Gasteiger partial charge >= 0.3 is 5.97 Å². The van der Waals surface area contributed by atoms with Crippen LogP contribution in [-0.4, -0.2) is 47.4 Å². The van der Waals surface area contributed by atoms with Gasteiger partial charge in [0, 0.05) is 12.8 Å². The molecular formula is C54H103NO5. The van der Waals surface area contributed by atoms with E-state index in [4.69, 9.17) is 4.74 Å². The van der Waals surface area contributed by atoms with Gasteiger partial charge in [0.05, 0.1) is 25.4 Å². The number of unbranched alkanes of at least 4 members (excludes halogenated alkanes) is 35. The van der Waals surface area contributed by atoms with E-state index in [1.807, 2.05) is 0 Å². The molecule has 0 saturated carbocycles. The lowest BCUT2D eigenvalue weighted by Gasteiger charge is -2.22. The van der Waals surface area contributed by atoms with Crippen LogP contribution in [0.2, 0.25) is 0 Å². The van der Waals surface area contributed by atoms with E-state index in [0.29, 0.717) is 25.9 Å². The van der Waals surface area contributed by atoms with E-state index >= 15 is 0 Å². The summed E-state index contributed by atoms with van der Waals surface area (Å²) in [5, 5.41) is 23.1. The summed E-state index contributed by atoms with van der Waals surface area (Å²) in [6.07, 6.45) is 58.7. The van der Waals surface area contributed by atoms with Crippen molar-refractivity contribution in [2.75, 3.05) is 13.2 Å². The maximum absolute atomic E-state index is 12.4. The van der Waals surface area contributed by atoms with Crippen molar-refractivity contribution in [3.63, 3.8) is 0 Å². The molecule has 0 fully saturated rings. The lowest BCUT2D eigenvalue weighted by atomic mass is 10.0. The molecule has 3 N–H and O–H groups in total. The van der Waals surface area contributed by atoms with Crippen molar-refractivity contribution in [2.24, 2.45) is 0 Å². The Morgan fingerprint density at radius 2 is 0.817 bits per heavy atom. The molecule has 1 amide bonds. The van der Waals surface area contributed by atoms with Gasteiger partial charge in [0.2, 0.25) is 5.91 Å². The van der Waals surface area contributed by atoms with Crippen molar-refractivity contribution in [1.29, 1.82) is 0 Å². The first-order valence-corrected chi connectivity index (χ1v) is 26.6. The lowest BCUT2D eigenvalue weighted by Crippen LogP contribution is -2.45. The maximum atomic E-state index is 12.4. The Hall–Kier alpha value is -1.66. The summed E-state index contributed by atoms with van der Waals surface area (Å²) in [5.41, 5.74) is 0. The number of nitrogens with one attached hydrogen (secondary N) is 1. The van der Waals surface area contributed by atoms with Crippen molar-refractivity contribution in [2.45, 2.75) is 296 Å². The third-order valence-corrected chi connectivity index (χ3v) is 12.3. The summed E-state index contributed by atoms with van der Waals surface area (Å²) in [6.45, 7) is 4.90. The van der Waals surface area contributed by atoms with E-state index < -0.39 is 12.1 Å². The first kappa shape index (κ1) is 58.3. The van der Waals surface area contributed by atoms with Gasteiger partial charge in [-0.05, 0) is 57.8 Å². The average Bonchev–Trinajstić information content (AvgIpc) is 3.25. The molecule has 0 aromatic carbocycles. The van der Waals surface area contributed by atoms with Gasteiger partial charge in [-0.3, -0.25) is 9.59 Å². The first-order valence-electron chi connectivity index (χ1n) is 26.6. The van der Waals surface area contributed by atoms with Crippen molar-refractivity contribution in [3.05, 3.63) is 24.3 Å². The number of allylic oxidation sites excluding steroid dienone is 4. The summed E-state index contributed by atoms with van der Waals surface area (Å²) in [4.78, 5) is 24.4. The quantitative estimate of drug-likeness (QED) is 0.0322. The van der Waals surface area contributed by atoms with Crippen LogP contribution in [0.1, 0.15) is 284 Å². The topological polar surface area (TPSA) is 95.9 Å². The number of hydrogen-bond donors (Lipinski definition) is 3. The molecule has 0 heterocycles. The van der Waals surface area contributed by atoms with Gasteiger partial charge in [-0.1, -0.05) is 237 Å². The van der Waals surface area contributed by atoms with Crippen LogP contribution in [0.3, 0.4) is 0 Å². The number of aliphatic hydroxyl groups is 2. The maximum Gasteiger partial charge on any atom is 0.305 e. The molecule has 2 unspecified atom stereocenters. The smallest absolute Gasteiger partial charge is 0.305 e. The summed E-state index contributed by atoms with van der Waals surface area (Å²) < 4.78 is 5.44. The molecule has 0 bridgehead atoms. The van der Waals surface area contributed by atoms with E-state index in [-0.39, 0.29) is 18.5 Å². The van der Waals surface area contributed by atoms with E-state index in [1.165, 1.54) is 180 Å². The summed E-state index contributed by atoms with van der Waals surface area (Å²) in [5.74, 6) is -0.0579. The van der Waals surface area contributed by atoms with Crippen LogP contribution in [0.15, 0.2) is 24.3 Å². The third kappa shape index (κ3) is 45.9. The largest absolute Gasteiger partial charge is 0.466 e. The molecule has 0 rings (SSSR count). The Kier molecular flexibility index (Phi) is 48.6. The Morgan fingerprint density at radius 1 is 0.467 bits per heavy atom. The highest BCUT2D eigenvalue weighted by Gasteiger charge is 2.20. The molecule has 2 atom stereocenters. The fourth-order valence-electron chi connectivity index (χ4n) is 8.16. The molecule has 354 valence electrons. The molecule has 0 aliphatic heterocycles. The van der Waals surface area contributed by atoms with Gasteiger partial charge < -0.3 is 20.3 Å². The third-order valence-electron chi connectivity index (χ3n) is 12.3. The Bertz CT molecular complexity index is 935. The number of rotatable bonds is 49. The molecule has 0 aliphatic carbocycles. The van der Waals surface area contributed by atoms with Crippen LogP contribution in [0.4, 0.5) is 0 Å². The van der Waals surface area contributed by atoms with Gasteiger partial charge in [0.25, 0.3) is 0 Å². The second-order valence-electron chi connectivity index (χ2n) is 18.2. The van der Waals surface area contributed by atoms with Crippen molar-refractivity contribution < 1.29 is 24.5 Å². The average molecular weight is 846 g/mol. The van der Waals surface area contributed by atoms with Crippen molar-refractivity contribution >= 4 is 11.9 Å². The molecule has 0 radical (unpaired) electrons. The van der Waals surface area contributed by atoms with E-state index in [9.17, 15) is 19.8 Å². The monoisotopic (exact) mass is 846 g/mol. The highest BCUT2D eigenvalue weighted by Crippen LogP contribution is 2.16. The van der Waals surface area contributed by atoms with E-state index in [0.717, 1.165) is 70.6 Å². The van der Waals surface area contributed by atoms with Gasteiger partial charge in [0.1, 0.15) is 0 Å². The summed E-state index contributed by atoms with van der Waals surface area (Å²) in [6, 6.07) is -0.547. The Labute approximate surface area is 373 Å². The normalized spacial score (nSPS) is 12.8. The Morgan fingerprint density at radius 3 is 1.23 bits per heavy atom. The minimum Gasteiger partial charge on any atom is -0.466 e. The number of aliphatic hydroxyl groups excluding tert-OH is 2. The molecule has 6 nitrogen and oxygen atoms in total. The molecular weight excluding hydrogens is 743 g/mol. The lowest BCUT2D eigenvalue weighted by molar-refractivity contribution is -0.143. The standard InChI is InChI=1S/C54H103NO5/c1-3-5-7-9-11-13-15-23-28-32-36-40-44-48-54(59)60-49-45-41-37-33-29-25-22-20-18-16-17-19-21-24-27-31-35-39-43-47-53(58)55-51(50-56)52(57)46-42-38-34-30-26-14-12-10-8-6-4-2/h20,22,25,29,51-52,56-57H,3-19,21,23-24,26-28,30-50H2,1-2H3,(H,55,58)/b22-20-,29-25-. The minimum atomic E-state index is -0.669. The number of carbonyl (C=O) groups excluding carboxylic acids is 2. The fourth-order valence-corrected chi connectivity index (χ4v) is 8.16. The number of esters is 1. The van der Waals surface area contributed by atoms with Crippen LogP contribution in [0, 0.1) is 0 Å². The number of carbonyl (C=O) groups is 2. The first-order chi connectivity index (χ1) is 29.5. The van der Waals surface area contributed by atoms with Crippen LogP contribution in [-0.2, 0) is 14.3 Å². The van der Waals surface area contributed by atoms with Gasteiger partial charge in [-0.25, -0.2) is 0 Å². The number of amides is 1. The molecule has 0 aliphatic rings. The molecule has 60 heavy (non-hydrogen) atoms. The SMILES string of the molecule is CCCCCCCCCCCCCCCC(=O)OCCCCC/C=C\C=C/CCCCCCCCCCCCC(=O)NC(CO)C(O)CCCCCCCCCCCCC. The molecule has 6 heteroatoms. The second-order valence-corrected chi connectivity index (χ2v) is 18.2. The highest BCUT2D eigenvalue weighted by atomic mass is 16.5. The molecule has 0 spiro atoms. The predicted molar refractivity (Wildman–Crippen MR) is 260 cm³/mol. The minimum absolute atomic E-state index is 0.0121. The predicted octanol–water partition coefficient (Wildman–Crippen LogP) is 15.9. The number of hydrogen-bond acceptors (Lipinski definition) is 5. The van der Waals surface area contributed by atoms with E-state index in [1.54, 1.807) is 0 Å². The fraction of sp³-hybridized carbons (Fsp3) is 0.889. The molecule has 0 aromatic rings. The second kappa shape index (κ2) is 50.0.